The summed E-state index contributed by atoms with van der Waals surface area (Å²) in [6.07, 6.45) is 5.94. The Morgan fingerprint density at radius 1 is 0.947 bits per heavy atom. The monoisotopic (exact) mass is 530 g/mol. The molecule has 2 unspecified atom stereocenters. The van der Waals surface area contributed by atoms with Gasteiger partial charge in [0.15, 0.2) is 0 Å². The highest BCUT2D eigenvalue weighted by atomic mass is 35.5. The average Bonchev–Trinajstić information content (AvgIpc) is 2.91. The molecule has 5 rings (SSSR count). The van der Waals surface area contributed by atoms with E-state index in [2.05, 4.69) is 10.3 Å². The van der Waals surface area contributed by atoms with Crippen LogP contribution in [0.5, 0.6) is 17.4 Å². The maximum Gasteiger partial charge on any atom is 0.337 e. The quantitative estimate of drug-likeness (QED) is 0.242. The van der Waals surface area contributed by atoms with Crippen LogP contribution in [-0.4, -0.2) is 33.4 Å². The molecule has 1 fully saturated rings. The molecule has 2 atom stereocenters. The molecule has 1 aromatic heterocycles. The number of ether oxygens (including phenoxy) is 2. The van der Waals surface area contributed by atoms with Gasteiger partial charge in [0, 0.05) is 12.3 Å². The Morgan fingerprint density at radius 2 is 1.68 bits per heavy atom. The van der Waals surface area contributed by atoms with Crippen molar-refractivity contribution in [3.8, 4) is 17.4 Å². The molecule has 38 heavy (non-hydrogen) atoms. The van der Waals surface area contributed by atoms with Crippen LogP contribution >= 0.6 is 11.6 Å². The molecule has 4 aromatic rings. The van der Waals surface area contributed by atoms with Gasteiger partial charge >= 0.3 is 5.97 Å². The van der Waals surface area contributed by atoms with E-state index in [0.717, 1.165) is 42.2 Å². The molecule has 0 spiro atoms. The minimum atomic E-state index is -1.10. The highest BCUT2D eigenvalue weighted by Gasteiger charge is 2.24. The van der Waals surface area contributed by atoms with E-state index in [0.29, 0.717) is 17.2 Å². The van der Waals surface area contributed by atoms with Gasteiger partial charge in [-0.1, -0.05) is 36.8 Å². The molecule has 1 aliphatic rings. The smallest absolute Gasteiger partial charge is 0.337 e. The Bertz CT molecular complexity index is 1460. The van der Waals surface area contributed by atoms with Crippen LogP contribution in [0.3, 0.4) is 0 Å². The van der Waals surface area contributed by atoms with Crippen molar-refractivity contribution in [3.63, 3.8) is 0 Å². The summed E-state index contributed by atoms with van der Waals surface area (Å²) in [6, 6.07) is 21.5. The number of halogens is 1. The van der Waals surface area contributed by atoms with Crippen LogP contribution in [0.1, 0.15) is 41.6 Å². The topological polar surface area (TPSA) is 97.8 Å². The molecule has 0 bridgehead atoms. The highest BCUT2D eigenvalue weighted by Crippen LogP contribution is 2.31. The maximum absolute atomic E-state index is 12.4. The molecule has 3 aromatic carbocycles. The van der Waals surface area contributed by atoms with Gasteiger partial charge in [-0.05, 0) is 72.0 Å². The number of carboxylic acid groups (broad SMARTS) is 1. The zero-order valence-corrected chi connectivity index (χ0v) is 21.4. The summed E-state index contributed by atoms with van der Waals surface area (Å²) < 4.78 is 12.1. The molecule has 0 aliphatic heterocycles. The number of benzene rings is 3. The van der Waals surface area contributed by atoms with E-state index in [9.17, 15) is 14.7 Å². The summed E-state index contributed by atoms with van der Waals surface area (Å²) in [7, 11) is 0. The van der Waals surface area contributed by atoms with E-state index in [1.807, 2.05) is 36.4 Å². The third-order valence-corrected chi connectivity index (χ3v) is 7.01. The number of pyridine rings is 1. The first-order valence-corrected chi connectivity index (χ1v) is 13.0. The SMILES string of the molecule is O=C(Cc1ccc(Oc2ccc3cc(OC4CCCCC4Cl)ccc3c2)nc1)Nc1ccccc1C(=O)O. The normalized spacial score (nSPS) is 17.1. The summed E-state index contributed by atoms with van der Waals surface area (Å²) in [5, 5.41) is 14.0. The number of nitrogens with zero attached hydrogens (tertiary/aromatic N) is 1. The number of carboxylic acids is 1. The second kappa shape index (κ2) is 11.5. The molecule has 8 heteroatoms. The molecule has 2 N–H and O–H groups in total. The van der Waals surface area contributed by atoms with Gasteiger partial charge in [-0.15, -0.1) is 11.6 Å². The van der Waals surface area contributed by atoms with Gasteiger partial charge in [0.25, 0.3) is 0 Å². The van der Waals surface area contributed by atoms with E-state index < -0.39 is 5.97 Å². The number of carbonyl (C=O) groups excluding carboxylic acids is 1. The van der Waals surface area contributed by atoms with Gasteiger partial charge in [0.1, 0.15) is 17.6 Å². The van der Waals surface area contributed by atoms with Crippen LogP contribution < -0.4 is 14.8 Å². The molecule has 1 aliphatic carbocycles. The van der Waals surface area contributed by atoms with Crippen LogP contribution in [0.25, 0.3) is 10.8 Å². The number of anilines is 1. The predicted molar refractivity (Wildman–Crippen MR) is 147 cm³/mol. The zero-order valence-electron chi connectivity index (χ0n) is 20.6. The summed E-state index contributed by atoms with van der Waals surface area (Å²) in [5.74, 6) is 0.418. The van der Waals surface area contributed by atoms with Crippen LogP contribution in [0.15, 0.2) is 79.0 Å². The molecule has 7 nitrogen and oxygen atoms in total. The molecule has 0 saturated heterocycles. The lowest BCUT2D eigenvalue weighted by molar-refractivity contribution is -0.115. The number of alkyl halides is 1. The first kappa shape index (κ1) is 25.5. The number of aromatic nitrogens is 1. The summed E-state index contributed by atoms with van der Waals surface area (Å²) in [4.78, 5) is 28.1. The van der Waals surface area contributed by atoms with Gasteiger partial charge in [-0.3, -0.25) is 4.79 Å². The molecule has 194 valence electrons. The second-order valence-corrected chi connectivity index (χ2v) is 9.87. The number of rotatable bonds is 8. The number of carbonyl (C=O) groups is 2. The van der Waals surface area contributed by atoms with Crippen molar-refractivity contribution >= 4 is 39.9 Å². The number of nitrogens with one attached hydrogen (secondary N) is 1. The Kier molecular flexibility index (Phi) is 7.75. The van der Waals surface area contributed by atoms with Crippen LogP contribution in [-0.2, 0) is 11.2 Å². The fraction of sp³-hybridized carbons (Fsp3) is 0.233. The van der Waals surface area contributed by atoms with Crippen molar-refractivity contribution in [3.05, 3.63) is 90.1 Å². The van der Waals surface area contributed by atoms with Gasteiger partial charge in [-0.25, -0.2) is 9.78 Å². The summed E-state index contributed by atoms with van der Waals surface area (Å²) >= 11 is 6.45. The van der Waals surface area contributed by atoms with Crippen LogP contribution in [0.2, 0.25) is 0 Å². The third-order valence-electron chi connectivity index (χ3n) is 6.51. The Labute approximate surface area is 225 Å². The van der Waals surface area contributed by atoms with Crippen molar-refractivity contribution in [1.82, 2.24) is 4.98 Å². The number of amides is 1. The van der Waals surface area contributed by atoms with E-state index in [-0.39, 0.29) is 35.1 Å². The van der Waals surface area contributed by atoms with Gasteiger partial charge in [0.2, 0.25) is 11.8 Å². The van der Waals surface area contributed by atoms with Gasteiger partial charge < -0.3 is 19.9 Å². The predicted octanol–water partition coefficient (Wildman–Crippen LogP) is 6.84. The zero-order chi connectivity index (χ0) is 26.5. The average molecular weight is 531 g/mol. The van der Waals surface area contributed by atoms with Crippen molar-refractivity contribution in [1.29, 1.82) is 0 Å². The van der Waals surface area contributed by atoms with E-state index >= 15 is 0 Å². The van der Waals surface area contributed by atoms with E-state index in [1.54, 1.807) is 36.5 Å². The molecule has 1 heterocycles. The molecule has 0 radical (unpaired) electrons. The largest absolute Gasteiger partial charge is 0.489 e. The van der Waals surface area contributed by atoms with E-state index in [4.69, 9.17) is 21.1 Å². The summed E-state index contributed by atoms with van der Waals surface area (Å²) in [6.45, 7) is 0. The third kappa shape index (κ3) is 6.23. The van der Waals surface area contributed by atoms with Crippen LogP contribution in [0, 0.1) is 0 Å². The van der Waals surface area contributed by atoms with Crippen LogP contribution in [0.4, 0.5) is 5.69 Å². The fourth-order valence-corrected chi connectivity index (χ4v) is 4.88. The van der Waals surface area contributed by atoms with Crippen molar-refractivity contribution in [2.75, 3.05) is 5.32 Å². The van der Waals surface area contributed by atoms with E-state index in [1.165, 1.54) is 6.07 Å². The molecular formula is C30H27ClN2O5. The number of hydrogen-bond donors (Lipinski definition) is 2. The maximum atomic E-state index is 12.4. The number of hydrogen-bond acceptors (Lipinski definition) is 5. The van der Waals surface area contributed by atoms with Gasteiger partial charge in [0.05, 0.1) is 23.0 Å². The first-order valence-electron chi connectivity index (χ1n) is 12.5. The second-order valence-electron chi connectivity index (χ2n) is 9.31. The lowest BCUT2D eigenvalue weighted by Gasteiger charge is -2.27. The Balaban J connectivity index is 1.20. The minimum Gasteiger partial charge on any atom is -0.489 e. The van der Waals surface area contributed by atoms with Crippen molar-refractivity contribution in [2.45, 2.75) is 43.6 Å². The van der Waals surface area contributed by atoms with Gasteiger partial charge in [-0.2, -0.15) is 0 Å². The standard InChI is InChI=1S/C30H27ClN2O5/c31-25-6-2-4-8-27(25)37-22-12-10-21-17-23(13-11-20(21)16-22)38-29-14-9-19(18-32-29)15-28(34)33-26-7-3-1-5-24(26)30(35)36/h1,3,5,7,9-14,16-18,25,27H,2,4,6,8,15H2,(H,33,34)(H,35,36). The van der Waals surface area contributed by atoms with Crippen molar-refractivity contribution < 1.29 is 24.2 Å². The fourth-order valence-electron chi connectivity index (χ4n) is 4.55. The first-order chi connectivity index (χ1) is 18.4. The molecule has 1 amide bonds. The molecule has 1 saturated carbocycles. The lowest BCUT2D eigenvalue weighted by Crippen LogP contribution is -2.30. The van der Waals surface area contributed by atoms with Crippen molar-refractivity contribution in [2.24, 2.45) is 0 Å². The number of para-hydroxylation sites is 1. The molecular weight excluding hydrogens is 504 g/mol. The lowest BCUT2D eigenvalue weighted by atomic mass is 9.97. The Hall–Kier alpha value is -4.10. The Morgan fingerprint density at radius 3 is 2.42 bits per heavy atom. The minimum absolute atomic E-state index is 0.0370. The number of aromatic carboxylic acids is 1. The summed E-state index contributed by atoms with van der Waals surface area (Å²) in [5.41, 5.74) is 0.964. The highest BCUT2D eigenvalue weighted by molar-refractivity contribution is 6.21. The number of fused-ring (bicyclic) bond motifs is 1.